The molecule has 1 aliphatic heterocycles. The first-order valence-electron chi connectivity index (χ1n) is 8.75. The number of rotatable bonds is 8. The Bertz CT molecular complexity index is 670. The van der Waals surface area contributed by atoms with Gasteiger partial charge in [-0.3, -0.25) is 0 Å². The fourth-order valence-corrected chi connectivity index (χ4v) is 2.57. The summed E-state index contributed by atoms with van der Waals surface area (Å²) in [6.07, 6.45) is -2.83. The van der Waals surface area contributed by atoms with Gasteiger partial charge in [0, 0.05) is 5.56 Å². The molecule has 0 unspecified atom stereocenters. The van der Waals surface area contributed by atoms with Crippen LogP contribution in [0.5, 0.6) is 0 Å². The van der Waals surface area contributed by atoms with Crippen molar-refractivity contribution >= 4 is 17.9 Å². The normalized spacial score (nSPS) is 22.0. The van der Waals surface area contributed by atoms with Crippen molar-refractivity contribution in [3.63, 3.8) is 0 Å². The minimum Gasteiger partial charge on any atom is -0.479 e. The van der Waals surface area contributed by atoms with E-state index in [-0.39, 0.29) is 6.61 Å². The molecule has 0 aliphatic carbocycles. The van der Waals surface area contributed by atoms with Gasteiger partial charge in [0.25, 0.3) is 0 Å². The number of ether oxygens (including phenoxy) is 4. The van der Waals surface area contributed by atoms with Gasteiger partial charge in [-0.25, -0.2) is 14.4 Å². The van der Waals surface area contributed by atoms with Crippen molar-refractivity contribution in [2.45, 2.75) is 57.7 Å². The van der Waals surface area contributed by atoms with Gasteiger partial charge in [0.1, 0.15) is 0 Å². The first-order valence-corrected chi connectivity index (χ1v) is 8.75. The third-order valence-corrected chi connectivity index (χ3v) is 3.86. The second-order valence-corrected chi connectivity index (χ2v) is 6.56. The number of hydrogen-bond donors (Lipinski definition) is 1. The van der Waals surface area contributed by atoms with Gasteiger partial charge < -0.3 is 24.1 Å². The molecule has 1 heterocycles. The molecule has 0 bridgehead atoms. The van der Waals surface area contributed by atoms with Crippen LogP contribution >= 0.6 is 0 Å². The van der Waals surface area contributed by atoms with Crippen molar-refractivity contribution in [2.75, 3.05) is 6.61 Å². The molecule has 0 aromatic heterocycles. The Hall–Kier alpha value is -2.45. The molecule has 1 saturated heterocycles. The van der Waals surface area contributed by atoms with Crippen LogP contribution in [0.2, 0.25) is 0 Å². The number of carbonyl (C=O) groups is 3. The number of benzene rings is 1. The second-order valence-electron chi connectivity index (χ2n) is 6.56. The lowest BCUT2D eigenvalue weighted by atomic mass is 10.1. The summed E-state index contributed by atoms with van der Waals surface area (Å²) in [6.45, 7) is 5.13. The quantitative estimate of drug-likeness (QED) is 0.540. The molecule has 1 aromatic carbocycles. The lowest BCUT2D eigenvalue weighted by Gasteiger charge is -2.20. The number of carboxylic acids is 1. The topological polar surface area (TPSA) is 108 Å². The highest BCUT2D eigenvalue weighted by molar-refractivity contribution is 5.87. The highest BCUT2D eigenvalue weighted by Crippen LogP contribution is 2.31. The molecule has 1 aliphatic rings. The van der Waals surface area contributed by atoms with Gasteiger partial charge in [0.15, 0.2) is 18.0 Å². The van der Waals surface area contributed by atoms with E-state index in [4.69, 9.17) is 18.9 Å². The van der Waals surface area contributed by atoms with E-state index in [1.165, 1.54) is 13.8 Å². The minimum absolute atomic E-state index is 0.198. The molecule has 1 fully saturated rings. The summed E-state index contributed by atoms with van der Waals surface area (Å²) in [5.74, 6) is -4.36. The molecule has 8 heteroatoms. The lowest BCUT2D eigenvalue weighted by molar-refractivity contribution is -0.182. The molecule has 0 amide bonds. The number of aliphatic carboxylic acids is 1. The van der Waals surface area contributed by atoms with Crippen molar-refractivity contribution < 1.29 is 38.4 Å². The fourth-order valence-electron chi connectivity index (χ4n) is 2.57. The van der Waals surface area contributed by atoms with Crippen LogP contribution in [0.4, 0.5) is 0 Å². The number of carbonyl (C=O) groups excluding carboxylic acids is 2. The monoisotopic (exact) mass is 380 g/mol. The maximum Gasteiger partial charge on any atom is 0.352 e. The smallest absolute Gasteiger partial charge is 0.352 e. The highest BCUT2D eigenvalue weighted by Gasteiger charge is 2.50. The standard InChI is InChI=1S/C19H24O8/c1-4-5-11-24-17(22)13(12-9-7-6-8-10-12)25-18(23)15-14(16(20)21)26-19(2,3)27-15/h6-10,13-15H,4-5,11H2,1-3H3,(H,20,21)/t13-,14+,15+/m0/s1. The maximum absolute atomic E-state index is 12.6. The molecule has 0 radical (unpaired) electrons. The summed E-state index contributed by atoms with van der Waals surface area (Å²) < 4.78 is 21.1. The van der Waals surface area contributed by atoms with Crippen molar-refractivity contribution in [1.29, 1.82) is 0 Å². The molecule has 0 saturated carbocycles. The summed E-state index contributed by atoms with van der Waals surface area (Å²) in [4.78, 5) is 36.4. The molecule has 1 aromatic rings. The third kappa shape index (κ3) is 5.51. The van der Waals surface area contributed by atoms with E-state index in [1.54, 1.807) is 30.3 Å². The Morgan fingerprint density at radius 2 is 1.78 bits per heavy atom. The zero-order valence-electron chi connectivity index (χ0n) is 15.5. The number of esters is 2. The largest absolute Gasteiger partial charge is 0.479 e. The molecular formula is C19H24O8. The van der Waals surface area contributed by atoms with Crippen molar-refractivity contribution in [3.05, 3.63) is 35.9 Å². The third-order valence-electron chi connectivity index (χ3n) is 3.86. The van der Waals surface area contributed by atoms with E-state index >= 15 is 0 Å². The van der Waals surface area contributed by atoms with Gasteiger partial charge in [-0.2, -0.15) is 0 Å². The first-order chi connectivity index (χ1) is 12.7. The van der Waals surface area contributed by atoms with E-state index < -0.39 is 42.0 Å². The predicted molar refractivity (Wildman–Crippen MR) is 92.6 cm³/mol. The molecular weight excluding hydrogens is 356 g/mol. The summed E-state index contributed by atoms with van der Waals surface area (Å²) in [5, 5.41) is 9.26. The van der Waals surface area contributed by atoms with Gasteiger partial charge >= 0.3 is 17.9 Å². The van der Waals surface area contributed by atoms with Crippen molar-refractivity contribution in [1.82, 2.24) is 0 Å². The van der Waals surface area contributed by atoms with Gasteiger partial charge in [0.2, 0.25) is 6.10 Å². The Balaban J connectivity index is 2.17. The Morgan fingerprint density at radius 3 is 2.37 bits per heavy atom. The Morgan fingerprint density at radius 1 is 1.15 bits per heavy atom. The summed E-state index contributed by atoms with van der Waals surface area (Å²) in [5.41, 5.74) is 0.414. The number of hydrogen-bond acceptors (Lipinski definition) is 7. The van der Waals surface area contributed by atoms with E-state index in [2.05, 4.69) is 0 Å². The lowest BCUT2D eigenvalue weighted by Crippen LogP contribution is -2.39. The van der Waals surface area contributed by atoms with Crippen LogP contribution in [-0.2, 0) is 33.3 Å². The Kier molecular flexibility index (Phi) is 6.92. The molecule has 2 rings (SSSR count). The first kappa shape index (κ1) is 20.9. The minimum atomic E-state index is -1.53. The van der Waals surface area contributed by atoms with E-state index in [0.717, 1.165) is 6.42 Å². The van der Waals surface area contributed by atoms with Crippen LogP contribution in [-0.4, -0.2) is 47.6 Å². The van der Waals surface area contributed by atoms with Crippen LogP contribution in [0, 0.1) is 0 Å². The molecule has 148 valence electrons. The van der Waals surface area contributed by atoms with Gasteiger partial charge in [0.05, 0.1) is 6.61 Å². The van der Waals surface area contributed by atoms with Crippen molar-refractivity contribution in [2.24, 2.45) is 0 Å². The Labute approximate surface area is 157 Å². The van der Waals surface area contributed by atoms with Gasteiger partial charge in [-0.15, -0.1) is 0 Å². The molecule has 3 atom stereocenters. The zero-order chi connectivity index (χ0) is 20.0. The SMILES string of the molecule is CCCCOC(=O)[C@@H](OC(=O)[C@@H]1OC(C)(C)O[C@H]1C(=O)O)c1ccccc1. The van der Waals surface area contributed by atoms with Crippen LogP contribution in [0.3, 0.4) is 0 Å². The summed E-state index contributed by atoms with van der Waals surface area (Å²) in [6, 6.07) is 8.36. The number of unbranched alkanes of at least 4 members (excludes halogenated alkanes) is 1. The molecule has 8 nitrogen and oxygen atoms in total. The van der Waals surface area contributed by atoms with Crippen LogP contribution in [0.15, 0.2) is 30.3 Å². The van der Waals surface area contributed by atoms with E-state index in [0.29, 0.717) is 12.0 Å². The van der Waals surface area contributed by atoms with Gasteiger partial charge in [-0.05, 0) is 20.3 Å². The van der Waals surface area contributed by atoms with Crippen LogP contribution < -0.4 is 0 Å². The molecule has 0 spiro atoms. The highest BCUT2D eigenvalue weighted by atomic mass is 16.8. The van der Waals surface area contributed by atoms with Crippen molar-refractivity contribution in [3.8, 4) is 0 Å². The summed E-state index contributed by atoms with van der Waals surface area (Å²) in [7, 11) is 0. The predicted octanol–water partition coefficient (Wildman–Crippen LogP) is 2.22. The average molecular weight is 380 g/mol. The zero-order valence-corrected chi connectivity index (χ0v) is 15.5. The maximum atomic E-state index is 12.6. The molecule has 1 N–H and O–H groups in total. The van der Waals surface area contributed by atoms with E-state index in [9.17, 15) is 19.5 Å². The second kappa shape index (κ2) is 8.96. The van der Waals surface area contributed by atoms with Crippen LogP contribution in [0.25, 0.3) is 0 Å². The number of carboxylic acid groups (broad SMARTS) is 1. The van der Waals surface area contributed by atoms with E-state index in [1.807, 2.05) is 6.92 Å². The van der Waals surface area contributed by atoms with Gasteiger partial charge in [-0.1, -0.05) is 43.7 Å². The average Bonchev–Trinajstić information content (AvgIpc) is 2.96. The fraction of sp³-hybridized carbons (Fsp3) is 0.526. The summed E-state index contributed by atoms with van der Waals surface area (Å²) >= 11 is 0. The van der Waals surface area contributed by atoms with Crippen LogP contribution in [0.1, 0.15) is 45.3 Å². The molecule has 27 heavy (non-hydrogen) atoms.